The molecule has 122 valence electrons. The number of fused-ring (bicyclic) bond motifs is 1. The summed E-state index contributed by atoms with van der Waals surface area (Å²) in [6.07, 6.45) is 0.668. The molecule has 0 aromatic heterocycles. The first-order valence-corrected chi connectivity index (χ1v) is 8.02. The molecule has 4 rings (SSSR count). The number of ether oxygens (including phenoxy) is 1. The number of hydrogen-bond acceptors (Lipinski definition) is 3. The van der Waals surface area contributed by atoms with Crippen molar-refractivity contribution in [2.45, 2.75) is 12.3 Å². The lowest BCUT2D eigenvalue weighted by Crippen LogP contribution is -2.24. The van der Waals surface area contributed by atoms with Crippen molar-refractivity contribution in [3.8, 4) is 16.9 Å². The Morgan fingerprint density at radius 2 is 2.00 bits per heavy atom. The number of carbonyl (C=O) groups is 2. The summed E-state index contributed by atoms with van der Waals surface area (Å²) >= 11 is 0. The normalized spacial score (nSPS) is 21.9. The zero-order valence-electron chi connectivity index (χ0n) is 13.0. The van der Waals surface area contributed by atoms with Gasteiger partial charge in [-0.25, -0.2) is 0 Å². The van der Waals surface area contributed by atoms with Crippen LogP contribution < -0.4 is 10.1 Å². The highest BCUT2D eigenvalue weighted by Crippen LogP contribution is 2.50. The number of benzene rings is 2. The fraction of sp³-hybridized carbons (Fsp3) is 0.263. The molecule has 0 saturated heterocycles. The SMILES string of the molecule is O=C1NCCOc2ccc(-c3ccccc3[C@@H]3C[C@H]3C(=O)O)cc21. The molecular formula is C19H17NO4. The van der Waals surface area contributed by atoms with Crippen molar-refractivity contribution < 1.29 is 19.4 Å². The first-order chi connectivity index (χ1) is 11.6. The average Bonchev–Trinajstić information content (AvgIpc) is 3.40. The van der Waals surface area contributed by atoms with Gasteiger partial charge in [-0.2, -0.15) is 0 Å². The fourth-order valence-electron chi connectivity index (χ4n) is 3.32. The Balaban J connectivity index is 1.75. The molecule has 0 unspecified atom stereocenters. The third-order valence-corrected chi connectivity index (χ3v) is 4.65. The van der Waals surface area contributed by atoms with Crippen molar-refractivity contribution >= 4 is 11.9 Å². The van der Waals surface area contributed by atoms with Gasteiger partial charge in [0, 0.05) is 0 Å². The van der Waals surface area contributed by atoms with Gasteiger partial charge >= 0.3 is 5.97 Å². The molecule has 2 aromatic carbocycles. The third kappa shape index (κ3) is 2.52. The van der Waals surface area contributed by atoms with E-state index in [9.17, 15) is 14.7 Å². The van der Waals surface area contributed by atoms with Gasteiger partial charge in [0.15, 0.2) is 0 Å². The number of carbonyl (C=O) groups excluding carboxylic acids is 1. The van der Waals surface area contributed by atoms with E-state index in [0.29, 0.717) is 30.9 Å². The van der Waals surface area contributed by atoms with Gasteiger partial charge in [0.05, 0.1) is 18.0 Å². The Morgan fingerprint density at radius 1 is 1.17 bits per heavy atom. The number of carboxylic acids is 1. The van der Waals surface area contributed by atoms with Crippen molar-refractivity contribution in [1.29, 1.82) is 0 Å². The zero-order chi connectivity index (χ0) is 16.7. The Kier molecular flexibility index (Phi) is 3.49. The molecule has 0 bridgehead atoms. The van der Waals surface area contributed by atoms with Crippen molar-refractivity contribution in [3.05, 3.63) is 53.6 Å². The molecule has 0 radical (unpaired) electrons. The number of amides is 1. The van der Waals surface area contributed by atoms with Crippen molar-refractivity contribution in [2.24, 2.45) is 5.92 Å². The van der Waals surface area contributed by atoms with Crippen LogP contribution in [0.1, 0.15) is 28.3 Å². The van der Waals surface area contributed by atoms with Gasteiger partial charge in [0.1, 0.15) is 12.4 Å². The van der Waals surface area contributed by atoms with Gasteiger partial charge in [-0.15, -0.1) is 0 Å². The van der Waals surface area contributed by atoms with Crippen LogP contribution in [0.15, 0.2) is 42.5 Å². The van der Waals surface area contributed by atoms with Gasteiger partial charge in [-0.1, -0.05) is 30.3 Å². The number of nitrogens with one attached hydrogen (secondary N) is 1. The highest BCUT2D eigenvalue weighted by molar-refractivity contribution is 5.98. The third-order valence-electron chi connectivity index (χ3n) is 4.65. The van der Waals surface area contributed by atoms with E-state index in [1.807, 2.05) is 42.5 Å². The van der Waals surface area contributed by atoms with E-state index >= 15 is 0 Å². The summed E-state index contributed by atoms with van der Waals surface area (Å²) in [7, 11) is 0. The van der Waals surface area contributed by atoms with Crippen molar-refractivity contribution in [3.63, 3.8) is 0 Å². The molecule has 1 heterocycles. The molecule has 1 amide bonds. The quantitative estimate of drug-likeness (QED) is 0.910. The fourth-order valence-corrected chi connectivity index (χ4v) is 3.32. The Hall–Kier alpha value is -2.82. The maximum absolute atomic E-state index is 12.2. The number of carboxylic acid groups (broad SMARTS) is 1. The second-order valence-corrected chi connectivity index (χ2v) is 6.19. The molecule has 1 aliphatic carbocycles. The van der Waals surface area contributed by atoms with Crippen LogP contribution >= 0.6 is 0 Å². The molecule has 2 atom stereocenters. The van der Waals surface area contributed by atoms with Crippen LogP contribution in [-0.4, -0.2) is 30.1 Å². The van der Waals surface area contributed by atoms with Crippen LogP contribution in [0.5, 0.6) is 5.75 Å². The first-order valence-electron chi connectivity index (χ1n) is 8.02. The summed E-state index contributed by atoms with van der Waals surface area (Å²) in [6, 6.07) is 13.4. The van der Waals surface area contributed by atoms with E-state index < -0.39 is 5.97 Å². The topological polar surface area (TPSA) is 75.6 Å². The second-order valence-electron chi connectivity index (χ2n) is 6.19. The molecule has 24 heavy (non-hydrogen) atoms. The standard InChI is InChI=1S/C19H17NO4/c21-18-16-9-11(5-6-17(16)24-8-7-20-18)12-3-1-2-4-13(12)14-10-15(14)19(22)23/h1-6,9,14-15H,7-8,10H2,(H,20,21)(H,22,23)/t14-,15+/m0/s1. The van der Waals surface area contributed by atoms with E-state index in [4.69, 9.17) is 4.74 Å². The number of hydrogen-bond donors (Lipinski definition) is 2. The molecule has 1 fully saturated rings. The van der Waals surface area contributed by atoms with Crippen LogP contribution in [0.25, 0.3) is 11.1 Å². The predicted molar refractivity (Wildman–Crippen MR) is 88.2 cm³/mol. The summed E-state index contributed by atoms with van der Waals surface area (Å²) in [6.45, 7) is 0.943. The monoisotopic (exact) mass is 323 g/mol. The number of rotatable bonds is 3. The molecule has 2 aromatic rings. The highest BCUT2D eigenvalue weighted by Gasteiger charge is 2.45. The lowest BCUT2D eigenvalue weighted by molar-refractivity contribution is -0.138. The molecule has 0 spiro atoms. The maximum atomic E-state index is 12.2. The van der Waals surface area contributed by atoms with E-state index in [1.54, 1.807) is 0 Å². The summed E-state index contributed by atoms with van der Waals surface area (Å²) < 4.78 is 5.59. The van der Waals surface area contributed by atoms with Crippen LogP contribution in [0, 0.1) is 5.92 Å². The summed E-state index contributed by atoms with van der Waals surface area (Å²) in [5.41, 5.74) is 3.43. The van der Waals surface area contributed by atoms with Gasteiger partial charge in [0.25, 0.3) is 5.91 Å². The van der Waals surface area contributed by atoms with Gasteiger partial charge in [0.2, 0.25) is 0 Å². The molecule has 1 saturated carbocycles. The lowest BCUT2D eigenvalue weighted by atomic mass is 9.94. The summed E-state index contributed by atoms with van der Waals surface area (Å²) in [5.74, 6) is -0.566. The zero-order valence-corrected chi connectivity index (χ0v) is 13.0. The maximum Gasteiger partial charge on any atom is 0.307 e. The summed E-state index contributed by atoms with van der Waals surface area (Å²) in [5, 5.41) is 12.0. The van der Waals surface area contributed by atoms with Crippen LogP contribution in [0.2, 0.25) is 0 Å². The Labute approximate surface area is 139 Å². The van der Waals surface area contributed by atoms with E-state index in [2.05, 4.69) is 5.32 Å². The van der Waals surface area contributed by atoms with Gasteiger partial charge < -0.3 is 15.2 Å². The van der Waals surface area contributed by atoms with Crippen LogP contribution in [0.3, 0.4) is 0 Å². The molecular weight excluding hydrogens is 306 g/mol. The average molecular weight is 323 g/mol. The van der Waals surface area contributed by atoms with Gasteiger partial charge in [-0.3, -0.25) is 9.59 Å². The molecule has 1 aliphatic heterocycles. The lowest BCUT2D eigenvalue weighted by Gasteiger charge is -2.12. The first kappa shape index (κ1) is 14.8. The minimum absolute atomic E-state index is 0.0441. The van der Waals surface area contributed by atoms with Crippen LogP contribution in [-0.2, 0) is 4.79 Å². The largest absolute Gasteiger partial charge is 0.491 e. The van der Waals surface area contributed by atoms with Crippen molar-refractivity contribution in [2.75, 3.05) is 13.2 Å². The van der Waals surface area contributed by atoms with E-state index in [0.717, 1.165) is 16.7 Å². The summed E-state index contributed by atoms with van der Waals surface area (Å²) in [4.78, 5) is 23.4. The van der Waals surface area contributed by atoms with E-state index in [1.165, 1.54) is 0 Å². The minimum Gasteiger partial charge on any atom is -0.491 e. The predicted octanol–water partition coefficient (Wildman–Crippen LogP) is 2.66. The smallest absolute Gasteiger partial charge is 0.307 e. The highest BCUT2D eigenvalue weighted by atomic mass is 16.5. The van der Waals surface area contributed by atoms with Crippen molar-refractivity contribution in [1.82, 2.24) is 5.32 Å². The molecule has 5 heteroatoms. The Morgan fingerprint density at radius 3 is 2.79 bits per heavy atom. The molecule has 2 aliphatic rings. The minimum atomic E-state index is -0.746. The molecule has 5 nitrogen and oxygen atoms in total. The van der Waals surface area contributed by atoms with Crippen LogP contribution in [0.4, 0.5) is 0 Å². The van der Waals surface area contributed by atoms with E-state index in [-0.39, 0.29) is 17.7 Å². The Bertz CT molecular complexity index is 830. The second kappa shape index (κ2) is 5.67. The van der Waals surface area contributed by atoms with Gasteiger partial charge in [-0.05, 0) is 41.2 Å². The molecule has 2 N–H and O–H groups in total. The number of aliphatic carboxylic acids is 1.